The molecule has 0 aliphatic rings. The van der Waals surface area contributed by atoms with E-state index in [-0.39, 0.29) is 17.7 Å². The van der Waals surface area contributed by atoms with Crippen molar-refractivity contribution in [2.24, 2.45) is 0 Å². The summed E-state index contributed by atoms with van der Waals surface area (Å²) in [5.41, 5.74) is 0.985. The van der Waals surface area contributed by atoms with E-state index < -0.39 is 0 Å². The van der Waals surface area contributed by atoms with Crippen molar-refractivity contribution in [3.05, 3.63) is 60.2 Å². The van der Waals surface area contributed by atoms with Crippen molar-refractivity contribution in [1.82, 2.24) is 5.32 Å². The highest BCUT2D eigenvalue weighted by atomic mass is 16.1. The third-order valence-electron chi connectivity index (χ3n) is 2.29. The second-order valence-electron chi connectivity index (χ2n) is 4.51. The normalized spacial score (nSPS) is 11.3. The maximum Gasteiger partial charge on any atom is 0.244 e. The van der Waals surface area contributed by atoms with Gasteiger partial charge in [0.05, 0.1) is 0 Å². The molecule has 1 amide bonds. The number of rotatable bonds is 6. The summed E-state index contributed by atoms with van der Waals surface area (Å²) in [6.45, 7) is 3.79. The van der Waals surface area contributed by atoms with Crippen molar-refractivity contribution in [2.45, 2.75) is 26.3 Å². The van der Waals surface area contributed by atoms with Gasteiger partial charge in [0.25, 0.3) is 0 Å². The lowest BCUT2D eigenvalue weighted by Gasteiger charge is -2.03. The van der Waals surface area contributed by atoms with Gasteiger partial charge in [-0.05, 0) is 25.5 Å². The van der Waals surface area contributed by atoms with Crippen LogP contribution in [0.25, 0.3) is 0 Å². The van der Waals surface area contributed by atoms with Gasteiger partial charge in [-0.3, -0.25) is 9.59 Å². The van der Waals surface area contributed by atoms with Crippen LogP contribution >= 0.6 is 0 Å². The Kier molecular flexibility index (Phi) is 6.30. The smallest absolute Gasteiger partial charge is 0.244 e. The standard InChI is InChI=1S/C16H19NO2/c1-13(2)17-16(19)11-7-6-10-15(18)12-14-8-4-3-5-9-14/h3-11,13H,12H2,1-2H3,(H,17,19)/b10-6+,11-7+. The summed E-state index contributed by atoms with van der Waals surface area (Å²) in [5, 5.41) is 2.73. The average Bonchev–Trinajstić information content (AvgIpc) is 2.35. The van der Waals surface area contributed by atoms with E-state index in [1.807, 2.05) is 44.2 Å². The molecule has 1 aromatic rings. The van der Waals surface area contributed by atoms with Crippen molar-refractivity contribution in [1.29, 1.82) is 0 Å². The summed E-state index contributed by atoms with van der Waals surface area (Å²) in [4.78, 5) is 22.9. The Bertz CT molecular complexity index is 473. The molecule has 0 unspecified atom stereocenters. The van der Waals surface area contributed by atoms with E-state index in [0.29, 0.717) is 6.42 Å². The van der Waals surface area contributed by atoms with Crippen LogP contribution in [-0.2, 0) is 16.0 Å². The average molecular weight is 257 g/mol. The first kappa shape index (κ1) is 14.9. The topological polar surface area (TPSA) is 46.2 Å². The molecule has 1 aromatic carbocycles. The Labute approximate surface area is 114 Å². The Morgan fingerprint density at radius 1 is 1.11 bits per heavy atom. The van der Waals surface area contributed by atoms with Crippen LogP contribution in [0.3, 0.4) is 0 Å². The Hall–Kier alpha value is -2.16. The molecule has 1 rings (SSSR count). The van der Waals surface area contributed by atoms with Gasteiger partial charge in [0.1, 0.15) is 0 Å². The summed E-state index contributed by atoms with van der Waals surface area (Å²) in [7, 11) is 0. The first-order valence-corrected chi connectivity index (χ1v) is 6.30. The number of benzene rings is 1. The summed E-state index contributed by atoms with van der Waals surface area (Å²) in [5.74, 6) is -0.143. The van der Waals surface area contributed by atoms with Crippen molar-refractivity contribution < 1.29 is 9.59 Å². The monoisotopic (exact) mass is 257 g/mol. The van der Waals surface area contributed by atoms with E-state index in [1.165, 1.54) is 12.2 Å². The van der Waals surface area contributed by atoms with Gasteiger partial charge in [0.2, 0.25) is 5.91 Å². The maximum atomic E-state index is 11.6. The zero-order valence-corrected chi connectivity index (χ0v) is 11.3. The van der Waals surface area contributed by atoms with Crippen molar-refractivity contribution in [2.75, 3.05) is 0 Å². The molecule has 0 atom stereocenters. The minimum absolute atomic E-state index is 0.0140. The number of nitrogens with one attached hydrogen (secondary N) is 1. The van der Waals surface area contributed by atoms with Crippen LogP contribution in [0.2, 0.25) is 0 Å². The fraction of sp³-hybridized carbons (Fsp3) is 0.250. The quantitative estimate of drug-likeness (QED) is 0.628. The lowest BCUT2D eigenvalue weighted by molar-refractivity contribution is -0.117. The minimum atomic E-state index is -0.157. The molecule has 0 aromatic heterocycles. The Balaban J connectivity index is 2.38. The fourth-order valence-corrected chi connectivity index (χ4v) is 1.49. The summed E-state index contributed by atoms with van der Waals surface area (Å²) >= 11 is 0. The van der Waals surface area contributed by atoms with Gasteiger partial charge in [-0.1, -0.05) is 42.5 Å². The van der Waals surface area contributed by atoms with Crippen LogP contribution in [0.4, 0.5) is 0 Å². The Morgan fingerprint density at radius 2 is 1.74 bits per heavy atom. The highest BCUT2D eigenvalue weighted by molar-refractivity contribution is 5.92. The number of amides is 1. The molecule has 3 heteroatoms. The molecule has 19 heavy (non-hydrogen) atoms. The molecular formula is C16H19NO2. The van der Waals surface area contributed by atoms with E-state index >= 15 is 0 Å². The van der Waals surface area contributed by atoms with Crippen LogP contribution in [0.5, 0.6) is 0 Å². The fourth-order valence-electron chi connectivity index (χ4n) is 1.49. The molecule has 3 nitrogen and oxygen atoms in total. The second-order valence-corrected chi connectivity index (χ2v) is 4.51. The number of ketones is 1. The van der Waals surface area contributed by atoms with Gasteiger partial charge in [0.15, 0.2) is 5.78 Å². The van der Waals surface area contributed by atoms with Crippen LogP contribution in [0.1, 0.15) is 19.4 Å². The molecular weight excluding hydrogens is 238 g/mol. The third kappa shape index (κ3) is 6.99. The number of carbonyl (C=O) groups is 2. The number of hydrogen-bond acceptors (Lipinski definition) is 2. The van der Waals surface area contributed by atoms with Crippen LogP contribution in [0, 0.1) is 0 Å². The molecule has 0 radical (unpaired) electrons. The predicted molar refractivity (Wildman–Crippen MR) is 76.7 cm³/mol. The lowest BCUT2D eigenvalue weighted by atomic mass is 10.1. The van der Waals surface area contributed by atoms with E-state index in [4.69, 9.17) is 0 Å². The first-order valence-electron chi connectivity index (χ1n) is 6.30. The SMILES string of the molecule is CC(C)NC(=O)/C=C/C=C/C(=O)Cc1ccccc1. The van der Waals surface area contributed by atoms with Crippen molar-refractivity contribution in [3.63, 3.8) is 0 Å². The molecule has 1 N–H and O–H groups in total. The summed E-state index contributed by atoms with van der Waals surface area (Å²) in [6.07, 6.45) is 6.42. The van der Waals surface area contributed by atoms with Gasteiger partial charge < -0.3 is 5.32 Å². The van der Waals surface area contributed by atoms with E-state index in [1.54, 1.807) is 12.2 Å². The zero-order chi connectivity index (χ0) is 14.1. The third-order valence-corrected chi connectivity index (χ3v) is 2.29. The molecule has 0 bridgehead atoms. The largest absolute Gasteiger partial charge is 0.350 e. The van der Waals surface area contributed by atoms with Crippen LogP contribution in [-0.4, -0.2) is 17.7 Å². The van der Waals surface area contributed by atoms with Gasteiger partial charge >= 0.3 is 0 Å². The highest BCUT2D eigenvalue weighted by Gasteiger charge is 1.98. The van der Waals surface area contributed by atoms with E-state index in [9.17, 15) is 9.59 Å². The van der Waals surface area contributed by atoms with Crippen LogP contribution in [0.15, 0.2) is 54.6 Å². The van der Waals surface area contributed by atoms with Crippen molar-refractivity contribution >= 4 is 11.7 Å². The zero-order valence-electron chi connectivity index (χ0n) is 11.3. The molecule has 0 saturated carbocycles. The number of carbonyl (C=O) groups excluding carboxylic acids is 2. The van der Waals surface area contributed by atoms with Gasteiger partial charge in [-0.2, -0.15) is 0 Å². The van der Waals surface area contributed by atoms with Crippen molar-refractivity contribution in [3.8, 4) is 0 Å². The lowest BCUT2D eigenvalue weighted by Crippen LogP contribution is -2.28. The number of hydrogen-bond donors (Lipinski definition) is 1. The molecule has 0 fully saturated rings. The molecule has 0 aliphatic heterocycles. The van der Waals surface area contributed by atoms with Gasteiger partial charge in [-0.25, -0.2) is 0 Å². The molecule has 100 valence electrons. The van der Waals surface area contributed by atoms with Gasteiger partial charge in [-0.15, -0.1) is 0 Å². The summed E-state index contributed by atoms with van der Waals surface area (Å²) in [6, 6.07) is 9.67. The molecule has 0 saturated heterocycles. The van der Waals surface area contributed by atoms with Crippen LogP contribution < -0.4 is 5.32 Å². The maximum absolute atomic E-state index is 11.6. The Morgan fingerprint density at radius 3 is 2.37 bits per heavy atom. The molecule has 0 aliphatic carbocycles. The summed E-state index contributed by atoms with van der Waals surface area (Å²) < 4.78 is 0. The highest BCUT2D eigenvalue weighted by Crippen LogP contribution is 2.00. The first-order chi connectivity index (χ1) is 9.08. The number of allylic oxidation sites excluding steroid dienone is 3. The molecule has 0 spiro atoms. The minimum Gasteiger partial charge on any atom is -0.350 e. The van der Waals surface area contributed by atoms with Gasteiger partial charge in [0, 0.05) is 18.5 Å². The van der Waals surface area contributed by atoms with E-state index in [0.717, 1.165) is 5.56 Å². The predicted octanol–water partition coefficient (Wildman–Crippen LogP) is 2.44. The van der Waals surface area contributed by atoms with E-state index in [2.05, 4.69) is 5.32 Å². The molecule has 0 heterocycles. The second kappa shape index (κ2) is 8.03.